The van der Waals surface area contributed by atoms with Crippen molar-refractivity contribution in [2.75, 3.05) is 0 Å². The average molecular weight is 459 g/mol. The Morgan fingerprint density at radius 3 is 1.24 bits per heavy atom. The predicted octanol–water partition coefficient (Wildman–Crippen LogP) is 5.73. The van der Waals surface area contributed by atoms with Crippen molar-refractivity contribution in [1.29, 1.82) is 0 Å². The Labute approximate surface area is 194 Å². The van der Waals surface area contributed by atoms with E-state index in [0.29, 0.717) is 11.1 Å². The molecule has 4 aromatic rings. The van der Waals surface area contributed by atoms with E-state index < -0.39 is 20.7 Å². The van der Waals surface area contributed by atoms with Crippen LogP contribution in [-0.2, 0) is 9.84 Å². The van der Waals surface area contributed by atoms with Crippen LogP contribution in [0.3, 0.4) is 0 Å². The van der Waals surface area contributed by atoms with Crippen molar-refractivity contribution in [2.24, 2.45) is 0 Å². The SMILES string of the molecule is Cc1ccc(-c2ccccc2C(O)S(=O)(=O)C(O)c2ccccc2-c2ccc(C)cc2)cc1. The lowest BCUT2D eigenvalue weighted by molar-refractivity contribution is 0.216. The van der Waals surface area contributed by atoms with Gasteiger partial charge in [0, 0.05) is 11.1 Å². The zero-order valence-corrected chi connectivity index (χ0v) is 19.3. The van der Waals surface area contributed by atoms with Gasteiger partial charge in [0.2, 0.25) is 9.84 Å². The molecule has 4 nitrogen and oxygen atoms in total. The first-order valence-electron chi connectivity index (χ1n) is 10.7. The van der Waals surface area contributed by atoms with Crippen LogP contribution in [0.1, 0.15) is 33.1 Å². The van der Waals surface area contributed by atoms with Crippen molar-refractivity contribution in [1.82, 2.24) is 0 Å². The van der Waals surface area contributed by atoms with Crippen molar-refractivity contribution in [2.45, 2.75) is 24.7 Å². The minimum absolute atomic E-state index is 0.230. The van der Waals surface area contributed by atoms with Crippen molar-refractivity contribution < 1.29 is 18.6 Å². The molecule has 0 spiro atoms. The molecule has 0 aliphatic carbocycles. The number of aliphatic hydroxyl groups is 2. The summed E-state index contributed by atoms with van der Waals surface area (Å²) in [6.07, 6.45) is 0. The molecular weight excluding hydrogens is 432 g/mol. The Morgan fingerprint density at radius 2 is 0.879 bits per heavy atom. The minimum Gasteiger partial charge on any atom is -0.373 e. The molecule has 4 rings (SSSR count). The van der Waals surface area contributed by atoms with Crippen LogP contribution < -0.4 is 0 Å². The Kier molecular flexibility index (Phi) is 6.47. The first-order valence-corrected chi connectivity index (χ1v) is 12.3. The largest absolute Gasteiger partial charge is 0.373 e. The maximum atomic E-state index is 13.4. The second-order valence-corrected chi connectivity index (χ2v) is 10.3. The van der Waals surface area contributed by atoms with Gasteiger partial charge in [-0.2, -0.15) is 0 Å². The Bertz CT molecular complexity index is 1260. The highest BCUT2D eigenvalue weighted by Gasteiger charge is 2.36. The summed E-state index contributed by atoms with van der Waals surface area (Å²) in [5.74, 6) is 0. The van der Waals surface area contributed by atoms with E-state index >= 15 is 0 Å². The monoisotopic (exact) mass is 458 g/mol. The fraction of sp³-hybridized carbons (Fsp3) is 0.143. The predicted molar refractivity (Wildman–Crippen MR) is 132 cm³/mol. The molecule has 4 aromatic carbocycles. The molecule has 0 heterocycles. The summed E-state index contributed by atoms with van der Waals surface area (Å²) in [6.45, 7) is 3.94. The lowest BCUT2D eigenvalue weighted by Crippen LogP contribution is -2.21. The molecule has 0 saturated carbocycles. The van der Waals surface area contributed by atoms with Crippen molar-refractivity contribution in [3.05, 3.63) is 119 Å². The number of hydrogen-bond donors (Lipinski definition) is 2. The normalized spacial score (nSPS) is 13.5. The van der Waals surface area contributed by atoms with E-state index in [4.69, 9.17) is 0 Å². The second kappa shape index (κ2) is 9.32. The lowest BCUT2D eigenvalue weighted by Gasteiger charge is -2.22. The number of hydrogen-bond acceptors (Lipinski definition) is 4. The van der Waals surface area contributed by atoms with Crippen LogP contribution in [0, 0.1) is 13.8 Å². The first-order chi connectivity index (χ1) is 15.8. The summed E-state index contributed by atoms with van der Waals surface area (Å²) < 4.78 is 26.8. The van der Waals surface area contributed by atoms with Crippen LogP contribution in [0.2, 0.25) is 0 Å². The molecule has 0 aliphatic heterocycles. The van der Waals surface area contributed by atoms with Gasteiger partial charge in [0.1, 0.15) is 0 Å². The van der Waals surface area contributed by atoms with Crippen LogP contribution in [-0.4, -0.2) is 18.6 Å². The van der Waals surface area contributed by atoms with Crippen LogP contribution in [0.25, 0.3) is 22.3 Å². The standard InChI is InChI=1S/C28H26O4S/c1-19-11-15-21(16-12-19)23-7-3-5-9-25(23)27(29)33(31,32)28(30)26-10-6-4-8-24(26)22-17-13-20(2)14-18-22/h3-18,27-30H,1-2H3. The maximum Gasteiger partial charge on any atom is 0.212 e. The Morgan fingerprint density at radius 1 is 0.545 bits per heavy atom. The molecule has 5 heteroatoms. The van der Waals surface area contributed by atoms with Crippen LogP contribution in [0.5, 0.6) is 0 Å². The van der Waals surface area contributed by atoms with Gasteiger partial charge in [-0.15, -0.1) is 0 Å². The molecule has 168 valence electrons. The molecule has 0 aliphatic rings. The van der Waals surface area contributed by atoms with E-state index in [0.717, 1.165) is 22.3 Å². The van der Waals surface area contributed by atoms with Gasteiger partial charge in [0.05, 0.1) is 0 Å². The molecule has 0 saturated heterocycles. The van der Waals surface area contributed by atoms with E-state index in [1.54, 1.807) is 48.5 Å². The van der Waals surface area contributed by atoms with E-state index in [-0.39, 0.29) is 11.1 Å². The highest BCUT2D eigenvalue weighted by molar-refractivity contribution is 7.91. The maximum absolute atomic E-state index is 13.4. The number of sulfone groups is 1. The van der Waals surface area contributed by atoms with Gasteiger partial charge >= 0.3 is 0 Å². The van der Waals surface area contributed by atoms with Gasteiger partial charge in [-0.1, -0.05) is 108 Å². The molecule has 0 amide bonds. The van der Waals surface area contributed by atoms with Crippen LogP contribution in [0.15, 0.2) is 97.1 Å². The van der Waals surface area contributed by atoms with Crippen LogP contribution >= 0.6 is 0 Å². The van der Waals surface area contributed by atoms with Crippen molar-refractivity contribution in [3.8, 4) is 22.3 Å². The Hall–Kier alpha value is -3.25. The molecule has 0 fully saturated rings. The molecule has 0 radical (unpaired) electrons. The van der Waals surface area contributed by atoms with Gasteiger partial charge in [0.25, 0.3) is 0 Å². The first kappa shape index (κ1) is 22.9. The van der Waals surface area contributed by atoms with Gasteiger partial charge in [-0.3, -0.25) is 0 Å². The third kappa shape index (κ3) is 4.62. The smallest absolute Gasteiger partial charge is 0.212 e. The molecule has 2 atom stereocenters. The Balaban J connectivity index is 1.75. The summed E-state index contributed by atoms with van der Waals surface area (Å²) in [5, 5.41) is 22.1. The molecule has 0 aromatic heterocycles. The van der Waals surface area contributed by atoms with Crippen LogP contribution in [0.4, 0.5) is 0 Å². The molecular formula is C28H26O4S. The third-order valence-corrected chi connectivity index (χ3v) is 7.55. The lowest BCUT2D eigenvalue weighted by atomic mass is 9.99. The number of rotatable bonds is 6. The summed E-state index contributed by atoms with van der Waals surface area (Å²) >= 11 is 0. The molecule has 0 bridgehead atoms. The highest BCUT2D eigenvalue weighted by atomic mass is 32.2. The van der Waals surface area contributed by atoms with Crippen molar-refractivity contribution in [3.63, 3.8) is 0 Å². The summed E-state index contributed by atoms with van der Waals surface area (Å²) in [7, 11) is -4.41. The average Bonchev–Trinajstić information content (AvgIpc) is 2.84. The van der Waals surface area contributed by atoms with Gasteiger partial charge in [-0.25, -0.2) is 8.42 Å². The summed E-state index contributed by atoms with van der Waals surface area (Å²) in [6, 6.07) is 28.9. The summed E-state index contributed by atoms with van der Waals surface area (Å²) in [4.78, 5) is 0. The molecule has 33 heavy (non-hydrogen) atoms. The fourth-order valence-corrected chi connectivity index (χ4v) is 5.26. The van der Waals surface area contributed by atoms with Gasteiger partial charge in [0.15, 0.2) is 10.9 Å². The van der Waals surface area contributed by atoms with Crippen molar-refractivity contribution >= 4 is 9.84 Å². The molecule has 2 N–H and O–H groups in total. The van der Waals surface area contributed by atoms with E-state index in [1.165, 1.54) is 0 Å². The fourth-order valence-electron chi connectivity index (χ4n) is 3.89. The highest BCUT2D eigenvalue weighted by Crippen LogP contribution is 2.38. The van der Waals surface area contributed by atoms with E-state index in [2.05, 4.69) is 0 Å². The summed E-state index contributed by atoms with van der Waals surface area (Å²) in [5.41, 5.74) is 1.62. The van der Waals surface area contributed by atoms with E-state index in [1.807, 2.05) is 62.4 Å². The third-order valence-electron chi connectivity index (χ3n) is 5.80. The number of aliphatic hydroxyl groups excluding tert-OH is 2. The number of aryl methyl sites for hydroxylation is 2. The molecule has 2 unspecified atom stereocenters. The zero-order chi connectivity index (χ0) is 23.6. The zero-order valence-electron chi connectivity index (χ0n) is 18.5. The topological polar surface area (TPSA) is 74.6 Å². The van der Waals surface area contributed by atoms with Gasteiger partial charge < -0.3 is 10.2 Å². The quantitative estimate of drug-likeness (QED) is 0.387. The van der Waals surface area contributed by atoms with E-state index in [9.17, 15) is 18.6 Å². The van der Waals surface area contributed by atoms with Gasteiger partial charge in [-0.05, 0) is 36.1 Å². The second-order valence-electron chi connectivity index (χ2n) is 8.20. The number of benzene rings is 4. The minimum atomic E-state index is -4.41.